The van der Waals surface area contributed by atoms with E-state index in [9.17, 15) is 4.79 Å². The molecule has 0 radical (unpaired) electrons. The van der Waals surface area contributed by atoms with E-state index in [1.807, 2.05) is 11.0 Å². The van der Waals surface area contributed by atoms with E-state index >= 15 is 0 Å². The van der Waals surface area contributed by atoms with Crippen LogP contribution in [0.25, 0.3) is 0 Å². The van der Waals surface area contributed by atoms with Gasteiger partial charge in [0, 0.05) is 18.2 Å². The zero-order chi connectivity index (χ0) is 14.1. The molecule has 3 nitrogen and oxygen atoms in total. The molecule has 0 saturated heterocycles. The number of amides is 1. The van der Waals surface area contributed by atoms with E-state index in [4.69, 9.17) is 5.73 Å². The third-order valence-corrected chi connectivity index (χ3v) is 4.89. The normalized spacial score (nSPS) is 27.9. The van der Waals surface area contributed by atoms with Crippen molar-refractivity contribution in [3.05, 3.63) is 29.8 Å². The second-order valence-electron chi connectivity index (χ2n) is 6.42. The van der Waals surface area contributed by atoms with Crippen LogP contribution in [0.5, 0.6) is 0 Å². The van der Waals surface area contributed by atoms with Gasteiger partial charge in [0.1, 0.15) is 0 Å². The minimum atomic E-state index is 0. The Kier molecular flexibility index (Phi) is 5.28. The van der Waals surface area contributed by atoms with Gasteiger partial charge in [-0.25, -0.2) is 0 Å². The monoisotopic (exact) mass is 308 g/mol. The molecule has 1 aliphatic carbocycles. The number of rotatable bonds is 2. The van der Waals surface area contributed by atoms with E-state index in [2.05, 4.69) is 25.1 Å². The van der Waals surface area contributed by atoms with Crippen molar-refractivity contribution >= 4 is 24.0 Å². The number of carbonyl (C=O) groups excluding carboxylic acids is 1. The van der Waals surface area contributed by atoms with Gasteiger partial charge >= 0.3 is 0 Å². The molecule has 1 saturated carbocycles. The Hall–Kier alpha value is -1.06. The van der Waals surface area contributed by atoms with Crippen molar-refractivity contribution < 1.29 is 4.79 Å². The molecule has 116 valence electrons. The van der Waals surface area contributed by atoms with Crippen molar-refractivity contribution in [3.63, 3.8) is 0 Å². The highest BCUT2D eigenvalue weighted by molar-refractivity contribution is 5.96. The van der Waals surface area contributed by atoms with Crippen molar-refractivity contribution in [2.75, 3.05) is 18.0 Å². The molecule has 0 bridgehead atoms. The Morgan fingerprint density at radius 1 is 1.33 bits per heavy atom. The van der Waals surface area contributed by atoms with Gasteiger partial charge in [-0.3, -0.25) is 4.79 Å². The molecule has 1 fully saturated rings. The van der Waals surface area contributed by atoms with Crippen molar-refractivity contribution in [1.29, 1.82) is 0 Å². The number of para-hydroxylation sites is 1. The average Bonchev–Trinajstić information content (AvgIpc) is 2.94. The Bertz CT molecular complexity index is 505. The highest BCUT2D eigenvalue weighted by atomic mass is 35.5. The third-order valence-electron chi connectivity index (χ3n) is 4.89. The van der Waals surface area contributed by atoms with Crippen LogP contribution in [0, 0.1) is 17.8 Å². The highest BCUT2D eigenvalue weighted by Crippen LogP contribution is 2.36. The molecule has 1 unspecified atom stereocenters. The van der Waals surface area contributed by atoms with E-state index in [-0.39, 0.29) is 18.3 Å². The van der Waals surface area contributed by atoms with Gasteiger partial charge in [-0.05, 0) is 49.3 Å². The highest BCUT2D eigenvalue weighted by Gasteiger charge is 2.37. The van der Waals surface area contributed by atoms with Gasteiger partial charge in [0.25, 0.3) is 0 Å². The molecule has 4 heteroatoms. The molecule has 0 aromatic heterocycles. The summed E-state index contributed by atoms with van der Waals surface area (Å²) in [6.07, 6.45) is 4.33. The molecule has 1 heterocycles. The van der Waals surface area contributed by atoms with Gasteiger partial charge in [0.2, 0.25) is 5.91 Å². The number of hydrogen-bond donors (Lipinski definition) is 1. The topological polar surface area (TPSA) is 46.3 Å². The predicted molar refractivity (Wildman–Crippen MR) is 88.8 cm³/mol. The summed E-state index contributed by atoms with van der Waals surface area (Å²) in [7, 11) is 0. The minimum Gasteiger partial charge on any atom is -0.330 e. The molecule has 3 atom stereocenters. The number of benzene rings is 1. The standard InChI is InChI=1S/C17H24N2O.ClH/c1-12-9-13-5-2-3-8-16(13)19(11-12)17(20)15-7-4-6-14(15)10-18;/h2-3,5,8,12,14-15H,4,6-7,9-11,18H2,1H3;1H/t12?,14-,15-;/m1./s1. The predicted octanol–water partition coefficient (Wildman–Crippen LogP) is 3.01. The number of halogens is 1. The first-order valence-corrected chi connectivity index (χ1v) is 7.80. The number of nitrogens with two attached hydrogens (primary N) is 1. The molecule has 1 aliphatic heterocycles. The second kappa shape index (κ2) is 6.80. The van der Waals surface area contributed by atoms with Gasteiger partial charge in [-0.1, -0.05) is 31.5 Å². The fourth-order valence-electron chi connectivity index (χ4n) is 3.85. The number of anilines is 1. The largest absolute Gasteiger partial charge is 0.330 e. The summed E-state index contributed by atoms with van der Waals surface area (Å²) in [6, 6.07) is 8.34. The molecule has 1 aromatic carbocycles. The van der Waals surface area contributed by atoms with Crippen LogP contribution in [0.15, 0.2) is 24.3 Å². The maximum atomic E-state index is 12.9. The van der Waals surface area contributed by atoms with Crippen LogP contribution in [0.1, 0.15) is 31.7 Å². The fourth-order valence-corrected chi connectivity index (χ4v) is 3.85. The van der Waals surface area contributed by atoms with E-state index in [0.29, 0.717) is 24.3 Å². The molecule has 0 spiro atoms. The Morgan fingerprint density at radius 2 is 2.10 bits per heavy atom. The number of nitrogens with zero attached hydrogens (tertiary/aromatic N) is 1. The van der Waals surface area contributed by atoms with Crippen LogP contribution in [0.2, 0.25) is 0 Å². The molecular formula is C17H25ClN2O. The average molecular weight is 309 g/mol. The molecule has 21 heavy (non-hydrogen) atoms. The third kappa shape index (κ3) is 3.09. The van der Waals surface area contributed by atoms with E-state index < -0.39 is 0 Å². The summed E-state index contributed by atoms with van der Waals surface area (Å²) in [6.45, 7) is 3.72. The minimum absolute atomic E-state index is 0. The van der Waals surface area contributed by atoms with Crippen LogP contribution >= 0.6 is 12.4 Å². The van der Waals surface area contributed by atoms with Crippen LogP contribution in [0.4, 0.5) is 5.69 Å². The molecular weight excluding hydrogens is 284 g/mol. The van der Waals surface area contributed by atoms with E-state index in [1.165, 1.54) is 5.56 Å². The summed E-state index contributed by atoms with van der Waals surface area (Å²) in [5, 5.41) is 0. The Labute approximate surface area is 133 Å². The molecule has 1 aromatic rings. The number of fused-ring (bicyclic) bond motifs is 1. The first kappa shape index (κ1) is 16.3. The Balaban J connectivity index is 0.00000161. The summed E-state index contributed by atoms with van der Waals surface area (Å²) >= 11 is 0. The molecule has 2 aliphatic rings. The van der Waals surface area contributed by atoms with Gasteiger partial charge in [-0.2, -0.15) is 0 Å². The lowest BCUT2D eigenvalue weighted by molar-refractivity contribution is -0.123. The lowest BCUT2D eigenvalue weighted by Gasteiger charge is -2.35. The van der Waals surface area contributed by atoms with Crippen LogP contribution in [0.3, 0.4) is 0 Å². The van der Waals surface area contributed by atoms with Gasteiger partial charge in [-0.15, -0.1) is 12.4 Å². The lowest BCUT2D eigenvalue weighted by atomic mass is 9.90. The van der Waals surface area contributed by atoms with Crippen molar-refractivity contribution in [2.24, 2.45) is 23.5 Å². The second-order valence-corrected chi connectivity index (χ2v) is 6.42. The van der Waals surface area contributed by atoms with Gasteiger partial charge in [0.05, 0.1) is 0 Å². The van der Waals surface area contributed by atoms with Crippen LogP contribution in [-0.2, 0) is 11.2 Å². The van der Waals surface area contributed by atoms with Crippen LogP contribution in [-0.4, -0.2) is 19.0 Å². The van der Waals surface area contributed by atoms with Gasteiger partial charge in [0.15, 0.2) is 0 Å². The molecule has 2 N–H and O–H groups in total. The van der Waals surface area contributed by atoms with E-state index in [0.717, 1.165) is 37.9 Å². The SMILES string of the molecule is CC1Cc2ccccc2N(C(=O)[C@@H]2CCC[C@@H]2CN)C1.Cl. The van der Waals surface area contributed by atoms with Gasteiger partial charge < -0.3 is 10.6 Å². The van der Waals surface area contributed by atoms with Crippen molar-refractivity contribution in [3.8, 4) is 0 Å². The van der Waals surface area contributed by atoms with Crippen LogP contribution < -0.4 is 10.6 Å². The zero-order valence-electron chi connectivity index (χ0n) is 12.6. The first-order valence-electron chi connectivity index (χ1n) is 7.80. The lowest BCUT2D eigenvalue weighted by Crippen LogP contribution is -2.44. The maximum Gasteiger partial charge on any atom is 0.230 e. The smallest absolute Gasteiger partial charge is 0.230 e. The fraction of sp³-hybridized carbons (Fsp3) is 0.588. The number of hydrogen-bond acceptors (Lipinski definition) is 2. The van der Waals surface area contributed by atoms with E-state index in [1.54, 1.807) is 0 Å². The summed E-state index contributed by atoms with van der Waals surface area (Å²) in [4.78, 5) is 15.0. The first-order chi connectivity index (χ1) is 9.70. The number of carbonyl (C=O) groups is 1. The Morgan fingerprint density at radius 3 is 2.86 bits per heavy atom. The maximum absolute atomic E-state index is 12.9. The summed E-state index contributed by atoms with van der Waals surface area (Å²) in [5.74, 6) is 1.36. The zero-order valence-corrected chi connectivity index (χ0v) is 13.4. The molecule has 3 rings (SSSR count). The quantitative estimate of drug-likeness (QED) is 0.913. The summed E-state index contributed by atoms with van der Waals surface area (Å²) in [5.41, 5.74) is 8.27. The van der Waals surface area contributed by atoms with Crippen molar-refractivity contribution in [2.45, 2.75) is 32.6 Å². The molecule has 1 amide bonds. The van der Waals surface area contributed by atoms with Crippen molar-refractivity contribution in [1.82, 2.24) is 0 Å². The summed E-state index contributed by atoms with van der Waals surface area (Å²) < 4.78 is 0.